The van der Waals surface area contributed by atoms with E-state index in [1.54, 1.807) is 6.08 Å². The van der Waals surface area contributed by atoms with Gasteiger partial charge >= 0.3 is 12.1 Å². The second-order valence-electron chi connectivity index (χ2n) is 5.18. The highest BCUT2D eigenvalue weighted by molar-refractivity contribution is 7.89. The third-order valence-corrected chi connectivity index (χ3v) is 4.68. The molecular weight excluding hydrogens is 382 g/mol. The number of nitrogens with one attached hydrogen (secondary N) is 2. The number of carboxylic acids is 1. The summed E-state index contributed by atoms with van der Waals surface area (Å²) in [6, 6.07) is 2.96. The number of amides is 1. The lowest BCUT2D eigenvalue weighted by molar-refractivity contribution is -0.387. The van der Waals surface area contributed by atoms with E-state index in [1.165, 1.54) is 12.1 Å². The number of hydrogen-bond donors (Lipinski definition) is 3. The maximum absolute atomic E-state index is 12.3. The molecule has 1 aromatic rings. The zero-order chi connectivity index (χ0) is 20.4. The SMILES string of the molecule is C=CCCCOC(=O)N[C@@H](CNS(=O)(=O)c1ccccc1[N+](=O)[O-])C(=O)O. The molecule has 0 heterocycles. The summed E-state index contributed by atoms with van der Waals surface area (Å²) in [5.74, 6) is -1.51. The molecule has 12 heteroatoms. The second-order valence-corrected chi connectivity index (χ2v) is 6.91. The molecule has 11 nitrogen and oxygen atoms in total. The Hall–Kier alpha value is -2.99. The van der Waals surface area contributed by atoms with E-state index in [1.807, 2.05) is 10.0 Å². The number of para-hydroxylation sites is 1. The van der Waals surface area contributed by atoms with Crippen molar-refractivity contribution in [1.29, 1.82) is 0 Å². The number of nitro benzene ring substituents is 1. The molecule has 0 aliphatic rings. The second kappa shape index (κ2) is 10.2. The van der Waals surface area contributed by atoms with Crippen LogP contribution in [0.1, 0.15) is 12.8 Å². The lowest BCUT2D eigenvalue weighted by Crippen LogP contribution is -2.48. The van der Waals surface area contributed by atoms with Gasteiger partial charge in [-0.15, -0.1) is 6.58 Å². The molecule has 1 aromatic carbocycles. The Morgan fingerprint density at radius 1 is 1.37 bits per heavy atom. The van der Waals surface area contributed by atoms with E-state index in [4.69, 9.17) is 9.84 Å². The molecule has 1 atom stereocenters. The van der Waals surface area contributed by atoms with Gasteiger partial charge in [0.2, 0.25) is 10.0 Å². The van der Waals surface area contributed by atoms with E-state index in [2.05, 4.69) is 6.58 Å². The van der Waals surface area contributed by atoms with Gasteiger partial charge in [0.05, 0.1) is 11.5 Å². The van der Waals surface area contributed by atoms with Crippen LogP contribution in [0.3, 0.4) is 0 Å². The molecule has 3 N–H and O–H groups in total. The first-order chi connectivity index (χ1) is 12.7. The van der Waals surface area contributed by atoms with Gasteiger partial charge in [0.15, 0.2) is 4.90 Å². The molecule has 0 saturated carbocycles. The van der Waals surface area contributed by atoms with Crippen LogP contribution >= 0.6 is 0 Å². The highest BCUT2D eigenvalue weighted by Crippen LogP contribution is 2.22. The minimum Gasteiger partial charge on any atom is -0.480 e. The zero-order valence-corrected chi connectivity index (χ0v) is 15.0. The Morgan fingerprint density at radius 2 is 2.04 bits per heavy atom. The topological polar surface area (TPSA) is 165 Å². The van der Waals surface area contributed by atoms with Crippen molar-refractivity contribution in [3.63, 3.8) is 0 Å². The Bertz CT molecular complexity index is 809. The van der Waals surface area contributed by atoms with Crippen molar-refractivity contribution < 1.29 is 32.8 Å². The fraction of sp³-hybridized carbons (Fsp3) is 0.333. The van der Waals surface area contributed by atoms with E-state index in [0.29, 0.717) is 12.8 Å². The molecule has 27 heavy (non-hydrogen) atoms. The van der Waals surface area contributed by atoms with Crippen molar-refractivity contribution in [2.75, 3.05) is 13.2 Å². The van der Waals surface area contributed by atoms with Crippen LogP contribution in [0.15, 0.2) is 41.8 Å². The molecule has 1 rings (SSSR count). The molecule has 0 aliphatic carbocycles. The van der Waals surface area contributed by atoms with Crippen LogP contribution in [-0.2, 0) is 19.6 Å². The number of allylic oxidation sites excluding steroid dienone is 1. The maximum atomic E-state index is 12.3. The van der Waals surface area contributed by atoms with Crippen LogP contribution in [0.5, 0.6) is 0 Å². The molecule has 0 aliphatic heterocycles. The van der Waals surface area contributed by atoms with Crippen molar-refractivity contribution >= 4 is 27.8 Å². The number of alkyl carbamates (subject to hydrolysis) is 1. The normalized spacial score (nSPS) is 12.0. The smallest absolute Gasteiger partial charge is 0.407 e. The summed E-state index contributed by atoms with van der Waals surface area (Å²) < 4.78 is 31.2. The van der Waals surface area contributed by atoms with Crippen LogP contribution in [0, 0.1) is 10.1 Å². The number of benzene rings is 1. The van der Waals surface area contributed by atoms with Gasteiger partial charge < -0.3 is 15.2 Å². The standard InChI is InChI=1S/C15H19N3O8S/c1-2-3-6-9-26-15(21)17-11(14(19)20)10-16-27(24,25)13-8-5-4-7-12(13)18(22)23/h2,4-5,7-8,11,16H,1,3,6,9-10H2,(H,17,21)(H,19,20)/t11-/m0/s1. The molecule has 0 bridgehead atoms. The van der Waals surface area contributed by atoms with E-state index >= 15 is 0 Å². The highest BCUT2D eigenvalue weighted by Gasteiger charge is 2.28. The lowest BCUT2D eigenvalue weighted by Gasteiger charge is -2.15. The van der Waals surface area contributed by atoms with Gasteiger partial charge in [0.1, 0.15) is 6.04 Å². The van der Waals surface area contributed by atoms with Crippen LogP contribution < -0.4 is 10.0 Å². The predicted octanol–water partition coefficient (Wildman–Crippen LogP) is 1.02. The lowest BCUT2D eigenvalue weighted by atomic mass is 10.3. The third kappa shape index (κ3) is 7.03. The van der Waals surface area contributed by atoms with Crippen LogP contribution in [0.4, 0.5) is 10.5 Å². The number of aliphatic carboxylic acids is 1. The van der Waals surface area contributed by atoms with E-state index in [0.717, 1.165) is 12.1 Å². The fourth-order valence-electron chi connectivity index (χ4n) is 1.88. The minimum atomic E-state index is -4.38. The van der Waals surface area contributed by atoms with Crippen molar-refractivity contribution in [3.8, 4) is 0 Å². The third-order valence-electron chi connectivity index (χ3n) is 3.20. The molecule has 0 unspecified atom stereocenters. The number of ether oxygens (including phenoxy) is 1. The number of carboxylic acid groups (broad SMARTS) is 1. The predicted molar refractivity (Wildman–Crippen MR) is 93.6 cm³/mol. The number of nitro groups is 1. The average Bonchev–Trinajstić information content (AvgIpc) is 2.62. The molecule has 148 valence electrons. The van der Waals surface area contributed by atoms with Crippen molar-refractivity contribution in [2.45, 2.75) is 23.8 Å². The maximum Gasteiger partial charge on any atom is 0.407 e. The quantitative estimate of drug-likeness (QED) is 0.214. The van der Waals surface area contributed by atoms with E-state index in [-0.39, 0.29) is 6.61 Å². The first-order valence-corrected chi connectivity index (χ1v) is 9.17. The number of rotatable bonds is 11. The molecule has 0 fully saturated rings. The van der Waals surface area contributed by atoms with Gasteiger partial charge in [-0.05, 0) is 18.9 Å². The van der Waals surface area contributed by atoms with Gasteiger partial charge in [0.25, 0.3) is 5.69 Å². The Balaban J connectivity index is 2.76. The Kier molecular flexibility index (Phi) is 8.35. The van der Waals surface area contributed by atoms with Crippen molar-refractivity contribution in [3.05, 3.63) is 47.0 Å². The molecule has 0 spiro atoms. The Labute approximate surface area is 155 Å². The number of sulfonamides is 1. The van der Waals surface area contributed by atoms with Crippen LogP contribution in [-0.4, -0.2) is 49.7 Å². The first kappa shape index (κ1) is 22.1. The molecule has 0 aromatic heterocycles. The summed E-state index contributed by atoms with van der Waals surface area (Å²) in [5, 5.41) is 22.1. The van der Waals surface area contributed by atoms with Crippen LogP contribution in [0.2, 0.25) is 0 Å². The molecule has 0 saturated heterocycles. The van der Waals surface area contributed by atoms with Gasteiger partial charge in [-0.25, -0.2) is 22.7 Å². The van der Waals surface area contributed by atoms with Gasteiger partial charge in [0, 0.05) is 12.6 Å². The number of carbonyl (C=O) groups excluding carboxylic acids is 1. The number of nitrogens with zero attached hydrogens (tertiary/aromatic N) is 1. The van der Waals surface area contributed by atoms with Gasteiger partial charge in [-0.2, -0.15) is 0 Å². The van der Waals surface area contributed by atoms with Gasteiger partial charge in [-0.3, -0.25) is 10.1 Å². The average molecular weight is 401 g/mol. The number of carbonyl (C=O) groups is 2. The summed E-state index contributed by atoms with van der Waals surface area (Å²) in [4.78, 5) is 32.2. The van der Waals surface area contributed by atoms with Crippen molar-refractivity contribution in [1.82, 2.24) is 10.0 Å². The zero-order valence-electron chi connectivity index (χ0n) is 14.2. The fourth-order valence-corrected chi connectivity index (χ4v) is 3.10. The summed E-state index contributed by atoms with van der Waals surface area (Å²) in [6.07, 6.45) is 1.69. The minimum absolute atomic E-state index is 0.0339. The largest absolute Gasteiger partial charge is 0.480 e. The molecule has 0 radical (unpaired) electrons. The highest BCUT2D eigenvalue weighted by atomic mass is 32.2. The van der Waals surface area contributed by atoms with Crippen molar-refractivity contribution in [2.24, 2.45) is 0 Å². The summed E-state index contributed by atoms with van der Waals surface area (Å²) in [7, 11) is -4.38. The van der Waals surface area contributed by atoms with Gasteiger partial charge in [-0.1, -0.05) is 18.2 Å². The number of hydrogen-bond acceptors (Lipinski definition) is 7. The molecular formula is C15H19N3O8S. The van der Waals surface area contributed by atoms with Crippen LogP contribution in [0.25, 0.3) is 0 Å². The number of unbranched alkanes of at least 4 members (excludes halogenated alkanes) is 1. The molecule has 1 amide bonds. The first-order valence-electron chi connectivity index (χ1n) is 7.69. The monoisotopic (exact) mass is 401 g/mol. The van der Waals surface area contributed by atoms with E-state index < -0.39 is 50.2 Å². The Morgan fingerprint density at radius 3 is 2.63 bits per heavy atom. The summed E-state index contributed by atoms with van der Waals surface area (Å²) in [5.41, 5.74) is -0.661. The summed E-state index contributed by atoms with van der Waals surface area (Å²) >= 11 is 0. The summed E-state index contributed by atoms with van der Waals surface area (Å²) in [6.45, 7) is 2.80. The van der Waals surface area contributed by atoms with E-state index in [9.17, 15) is 28.1 Å².